The molecule has 0 aromatic carbocycles. The van der Waals surface area contributed by atoms with Crippen molar-refractivity contribution in [2.24, 2.45) is 23.2 Å². The minimum absolute atomic E-state index is 0.0487. The third kappa shape index (κ3) is 6.73. The number of likely N-dealkylation sites (N-methyl/N-ethyl adjacent to an activating group) is 1. The van der Waals surface area contributed by atoms with E-state index in [1.807, 2.05) is 39.8 Å². The number of aliphatic hydroxyl groups is 1. The molecule has 3 saturated carbocycles. The summed E-state index contributed by atoms with van der Waals surface area (Å²) < 4.78 is 32.2. The topological polar surface area (TPSA) is 157 Å². The quantitative estimate of drug-likeness (QED) is 0.227. The van der Waals surface area contributed by atoms with Crippen LogP contribution < -0.4 is 16.0 Å². The maximum absolute atomic E-state index is 14.7. The standard InChI is InChI=1S/C37H62N4O9/c1-10-26-36(7)28(40-33(45)50-36)22(4)38-18-20(2)14-35(6)30(21(3)29(43)34(5,11-12-46-35)32(44)48-26)49-31-27(42)25(41(8)9)13-24(47-31)19-39-37-15-23(16-37)17-37/h20-28,30-31,38-39,42H,10-19H2,1-9H3,(H,40,45)/t20-,21+,22-,23?,24+,25+,26-,27-,28-,30-,31+,34+,35-,36-,37?/m1/s1. The zero-order valence-electron chi connectivity index (χ0n) is 31.6. The van der Waals surface area contributed by atoms with Crippen LogP contribution in [0.15, 0.2) is 0 Å². The molecule has 0 unspecified atom stereocenters. The predicted molar refractivity (Wildman–Crippen MR) is 184 cm³/mol. The van der Waals surface area contributed by atoms with E-state index in [1.54, 1.807) is 20.8 Å². The van der Waals surface area contributed by atoms with Crippen molar-refractivity contribution in [3.05, 3.63) is 0 Å². The molecule has 4 bridgehead atoms. The summed E-state index contributed by atoms with van der Waals surface area (Å²) in [7, 11) is 3.90. The van der Waals surface area contributed by atoms with E-state index in [0.717, 1.165) is 5.92 Å². The maximum Gasteiger partial charge on any atom is 0.408 e. The molecule has 284 valence electrons. The predicted octanol–water partition coefficient (Wildman–Crippen LogP) is 2.52. The Labute approximate surface area is 297 Å². The fourth-order valence-electron chi connectivity index (χ4n) is 9.93. The zero-order chi connectivity index (χ0) is 36.4. The van der Waals surface area contributed by atoms with Gasteiger partial charge in [-0.15, -0.1) is 0 Å². The van der Waals surface area contributed by atoms with Crippen molar-refractivity contribution in [3.8, 4) is 0 Å². The largest absolute Gasteiger partial charge is 0.457 e. The highest BCUT2D eigenvalue weighted by molar-refractivity contribution is 6.04. The van der Waals surface area contributed by atoms with Crippen molar-refractivity contribution in [1.82, 2.24) is 20.9 Å². The first-order valence-electron chi connectivity index (χ1n) is 19.0. The summed E-state index contributed by atoms with van der Waals surface area (Å²) in [4.78, 5) is 43.6. The lowest BCUT2D eigenvalue weighted by Crippen LogP contribution is -2.68. The van der Waals surface area contributed by atoms with Gasteiger partial charge in [0.2, 0.25) is 0 Å². The second-order valence-corrected chi connectivity index (χ2v) is 17.5. The highest BCUT2D eigenvalue weighted by Gasteiger charge is 2.59. The van der Waals surface area contributed by atoms with Gasteiger partial charge in [0.15, 0.2) is 17.7 Å². The monoisotopic (exact) mass is 706 g/mol. The SMILES string of the molecule is CC[C@H]1OC(=O)[C@@]2(C)CCO[C@](C)(C[C@@H](C)CN[C@H](C)[C@H]3NC(=O)O[C@@]31C)[C@H](O[C@@H]1O[C@H](CNC34CC(C3)C4)C[C@H](N(C)C)[C@H]1O)[C@@H](C)C2=O. The number of carbonyl (C=O) groups is 3. The summed E-state index contributed by atoms with van der Waals surface area (Å²) in [5.41, 5.74) is -3.46. The Kier molecular flexibility index (Phi) is 10.5. The van der Waals surface area contributed by atoms with E-state index >= 15 is 0 Å². The van der Waals surface area contributed by atoms with Gasteiger partial charge in [0.1, 0.15) is 17.6 Å². The summed E-state index contributed by atoms with van der Waals surface area (Å²) in [5.74, 6) is -0.909. The molecule has 0 radical (unpaired) electrons. The first-order chi connectivity index (χ1) is 23.4. The van der Waals surface area contributed by atoms with Crippen LogP contribution in [0.4, 0.5) is 4.79 Å². The highest BCUT2D eigenvalue weighted by Crippen LogP contribution is 2.57. The van der Waals surface area contributed by atoms with Crippen molar-refractivity contribution in [3.63, 3.8) is 0 Å². The lowest BCUT2D eigenvalue weighted by Gasteiger charge is -2.62. The van der Waals surface area contributed by atoms with Crippen molar-refractivity contribution < 1.29 is 43.2 Å². The Bertz CT molecular complexity index is 1280. The zero-order valence-corrected chi connectivity index (χ0v) is 31.6. The number of ether oxygens (including phenoxy) is 5. The number of hydrogen-bond donors (Lipinski definition) is 4. The van der Waals surface area contributed by atoms with E-state index in [4.69, 9.17) is 23.7 Å². The molecular weight excluding hydrogens is 644 g/mol. The fraction of sp³-hybridized carbons (Fsp3) is 0.919. The molecule has 3 aliphatic carbocycles. The molecule has 8 rings (SSSR count). The normalized spacial score (nSPS) is 49.7. The number of Topliss-reactive ketones (excluding diaryl/α,β-unsaturated/α-hetero) is 1. The van der Waals surface area contributed by atoms with Crippen LogP contribution in [0.3, 0.4) is 0 Å². The molecule has 1 amide bonds. The van der Waals surface area contributed by atoms with Gasteiger partial charge in [0, 0.05) is 36.7 Å². The van der Waals surface area contributed by atoms with Crippen LogP contribution in [0.5, 0.6) is 0 Å². The average molecular weight is 707 g/mol. The van der Waals surface area contributed by atoms with Crippen LogP contribution in [-0.4, -0.2) is 127 Å². The molecule has 5 aliphatic heterocycles. The van der Waals surface area contributed by atoms with Gasteiger partial charge in [-0.05, 0) is 105 Å². The molecule has 8 aliphatic rings. The second kappa shape index (κ2) is 13.8. The Morgan fingerprint density at radius 3 is 2.38 bits per heavy atom. The summed E-state index contributed by atoms with van der Waals surface area (Å²) in [6, 6.07) is -0.935. The third-order valence-electron chi connectivity index (χ3n) is 13.2. The van der Waals surface area contributed by atoms with Crippen molar-refractivity contribution in [2.75, 3.05) is 33.8 Å². The molecule has 5 saturated heterocycles. The molecule has 0 spiro atoms. The summed E-state index contributed by atoms with van der Waals surface area (Å²) in [6.45, 7) is 14.5. The van der Waals surface area contributed by atoms with E-state index in [-0.39, 0.29) is 48.5 Å². The van der Waals surface area contributed by atoms with Crippen molar-refractivity contribution in [2.45, 2.75) is 159 Å². The van der Waals surface area contributed by atoms with Gasteiger partial charge in [-0.2, -0.15) is 0 Å². The number of carbonyl (C=O) groups excluding carboxylic acids is 3. The minimum atomic E-state index is -1.55. The van der Waals surface area contributed by atoms with Crippen molar-refractivity contribution >= 4 is 17.8 Å². The number of rotatable bonds is 7. The van der Waals surface area contributed by atoms with Crippen LogP contribution >= 0.6 is 0 Å². The van der Waals surface area contributed by atoms with Gasteiger partial charge in [-0.25, -0.2) is 4.79 Å². The van der Waals surface area contributed by atoms with Crippen LogP contribution in [-0.2, 0) is 33.3 Å². The maximum atomic E-state index is 14.7. The van der Waals surface area contributed by atoms with E-state index in [1.165, 1.54) is 19.3 Å². The van der Waals surface area contributed by atoms with Gasteiger partial charge >= 0.3 is 12.1 Å². The smallest absolute Gasteiger partial charge is 0.408 e. The lowest BCUT2D eigenvalue weighted by atomic mass is 9.50. The molecule has 0 aromatic rings. The Balaban J connectivity index is 1.31. The number of hydrogen-bond acceptors (Lipinski definition) is 12. The molecule has 5 heterocycles. The van der Waals surface area contributed by atoms with E-state index in [9.17, 15) is 19.5 Å². The van der Waals surface area contributed by atoms with Crippen LogP contribution in [0, 0.1) is 23.2 Å². The molecule has 13 atom stereocenters. The summed E-state index contributed by atoms with van der Waals surface area (Å²) in [5, 5.41) is 22.0. The molecule has 13 nitrogen and oxygen atoms in total. The Hall–Kier alpha value is -1.87. The number of esters is 1. The van der Waals surface area contributed by atoms with Gasteiger partial charge in [0.05, 0.1) is 23.9 Å². The molecule has 0 aromatic heterocycles. The van der Waals surface area contributed by atoms with Gasteiger partial charge in [-0.3, -0.25) is 9.59 Å². The second-order valence-electron chi connectivity index (χ2n) is 17.5. The third-order valence-corrected chi connectivity index (χ3v) is 13.2. The number of nitrogens with zero attached hydrogens (tertiary/aromatic N) is 1. The Morgan fingerprint density at radius 1 is 1.06 bits per heavy atom. The lowest BCUT2D eigenvalue weighted by molar-refractivity contribution is -0.302. The molecule has 4 N–H and O–H groups in total. The molecule has 50 heavy (non-hydrogen) atoms. The number of fused-ring (bicyclic) bond motifs is 10. The van der Waals surface area contributed by atoms with Crippen LogP contribution in [0.25, 0.3) is 0 Å². The first kappa shape index (κ1) is 37.9. The average Bonchev–Trinajstić information content (AvgIpc) is 3.33. The molecule has 8 fully saturated rings. The Morgan fingerprint density at radius 2 is 1.76 bits per heavy atom. The summed E-state index contributed by atoms with van der Waals surface area (Å²) >= 11 is 0. The minimum Gasteiger partial charge on any atom is -0.457 e. The van der Waals surface area contributed by atoms with E-state index in [0.29, 0.717) is 32.4 Å². The number of aliphatic hydroxyl groups excluding tert-OH is 1. The van der Waals surface area contributed by atoms with Gasteiger partial charge in [-0.1, -0.05) is 20.8 Å². The van der Waals surface area contributed by atoms with E-state index < -0.39 is 65.2 Å². The molecule has 13 heteroatoms. The van der Waals surface area contributed by atoms with Gasteiger partial charge < -0.3 is 49.6 Å². The molecular formula is C37H62N4O9. The number of nitrogens with one attached hydrogen (secondary N) is 3. The fourth-order valence-corrected chi connectivity index (χ4v) is 9.93. The van der Waals surface area contributed by atoms with E-state index in [2.05, 4.69) is 22.9 Å². The number of amides is 1. The van der Waals surface area contributed by atoms with Crippen molar-refractivity contribution in [1.29, 1.82) is 0 Å². The van der Waals surface area contributed by atoms with Gasteiger partial charge in [0.25, 0.3) is 0 Å². The van der Waals surface area contributed by atoms with Crippen LogP contribution in [0.1, 0.15) is 93.4 Å². The number of ketones is 1. The summed E-state index contributed by atoms with van der Waals surface area (Å²) in [6.07, 6.45) is 0.890. The number of alkyl carbamates (subject to hydrolysis) is 1. The van der Waals surface area contributed by atoms with Crippen LogP contribution in [0.2, 0.25) is 0 Å². The highest BCUT2D eigenvalue weighted by atomic mass is 16.7. The first-order valence-corrected chi connectivity index (χ1v) is 19.0.